The van der Waals surface area contributed by atoms with Crippen LogP contribution in [0.4, 0.5) is 5.82 Å². The van der Waals surface area contributed by atoms with Crippen LogP contribution in [0.3, 0.4) is 0 Å². The summed E-state index contributed by atoms with van der Waals surface area (Å²) >= 11 is 0. The van der Waals surface area contributed by atoms with Crippen LogP contribution >= 0.6 is 0 Å². The maximum absolute atomic E-state index is 12.7. The van der Waals surface area contributed by atoms with Gasteiger partial charge in [0.05, 0.1) is 36.9 Å². The van der Waals surface area contributed by atoms with Crippen LogP contribution in [0.2, 0.25) is 0 Å². The molecule has 2 aromatic carbocycles. The molecule has 1 aliphatic rings. The highest BCUT2D eigenvalue weighted by molar-refractivity contribution is 6.58. The van der Waals surface area contributed by atoms with Crippen LogP contribution in [0.5, 0.6) is 0 Å². The highest BCUT2D eigenvalue weighted by atomic mass is 16.6. The van der Waals surface area contributed by atoms with Crippen molar-refractivity contribution in [2.75, 3.05) is 24.7 Å². The fourth-order valence-electron chi connectivity index (χ4n) is 4.21. The highest BCUT2D eigenvalue weighted by Crippen LogP contribution is 2.28. The maximum atomic E-state index is 12.7. The zero-order chi connectivity index (χ0) is 25.8. The van der Waals surface area contributed by atoms with Crippen molar-refractivity contribution in [2.45, 2.75) is 19.6 Å². The van der Waals surface area contributed by atoms with Gasteiger partial charge in [-0.25, -0.2) is 20.4 Å². The number of benzene rings is 2. The molecule has 1 aliphatic heterocycles. The lowest BCUT2D eigenvalue weighted by molar-refractivity contribution is 0.0233. The van der Waals surface area contributed by atoms with Gasteiger partial charge >= 0.3 is 7.12 Å². The van der Waals surface area contributed by atoms with Gasteiger partial charge in [-0.05, 0) is 42.2 Å². The van der Waals surface area contributed by atoms with Crippen LogP contribution in [0, 0.1) is 0 Å². The van der Waals surface area contributed by atoms with E-state index in [1.54, 1.807) is 42.5 Å². The third kappa shape index (κ3) is 5.60. The van der Waals surface area contributed by atoms with Crippen LogP contribution < -0.4 is 15.8 Å². The number of carbonyl (C=O) groups excluding carboxylic acids is 1. The van der Waals surface area contributed by atoms with Gasteiger partial charge in [0.1, 0.15) is 12.1 Å². The van der Waals surface area contributed by atoms with Crippen molar-refractivity contribution in [1.29, 1.82) is 0 Å². The molecule has 3 heterocycles. The number of aromatic nitrogens is 3. The number of hydrogen-bond acceptors (Lipinski definition) is 9. The van der Waals surface area contributed by atoms with Crippen molar-refractivity contribution < 1.29 is 24.4 Å². The number of pyridine rings is 1. The zero-order valence-corrected chi connectivity index (χ0v) is 20.2. The normalized spacial score (nSPS) is 15.5. The summed E-state index contributed by atoms with van der Waals surface area (Å²) in [5.74, 6) is 0.447. The van der Waals surface area contributed by atoms with Crippen molar-refractivity contribution >= 4 is 35.3 Å². The quantitative estimate of drug-likeness (QED) is 0.256. The third-order valence-electron chi connectivity index (χ3n) is 6.22. The zero-order valence-electron chi connectivity index (χ0n) is 20.2. The van der Waals surface area contributed by atoms with Gasteiger partial charge in [0.25, 0.3) is 5.91 Å². The Morgan fingerprint density at radius 2 is 2.00 bits per heavy atom. The molecule has 0 aliphatic carbocycles. The summed E-state index contributed by atoms with van der Waals surface area (Å²) in [6, 6.07) is 17.7. The Morgan fingerprint density at radius 3 is 2.78 bits per heavy atom. The molecule has 0 spiro atoms. The standard InChI is InChI=1S/C26H26BN5O5/c1-17-14-36-12-11-32(17)25-22-9-10-23(30-24(22)28-16-29-25)19-3-2-4-20(13-19)26(33)31-37-15-18-5-7-21(8-6-18)27(34)35/h2-10,13,16-17,34-35H,11-12,14-15H2,1H3,(H,31,33)/t17-/m0/s1. The number of fused-ring (bicyclic) bond motifs is 1. The Bertz CT molecular complexity index is 1400. The summed E-state index contributed by atoms with van der Waals surface area (Å²) in [6.45, 7) is 4.29. The number of carbonyl (C=O) groups is 1. The van der Waals surface area contributed by atoms with Crippen LogP contribution in [-0.4, -0.2) is 63.8 Å². The molecule has 1 amide bonds. The number of amides is 1. The van der Waals surface area contributed by atoms with Gasteiger partial charge in [-0.15, -0.1) is 0 Å². The molecule has 4 aromatic rings. The summed E-state index contributed by atoms with van der Waals surface area (Å²) < 4.78 is 5.55. The largest absolute Gasteiger partial charge is 0.488 e. The molecule has 1 fully saturated rings. The first-order valence-electron chi connectivity index (χ1n) is 11.9. The van der Waals surface area contributed by atoms with E-state index in [4.69, 9.17) is 14.6 Å². The molecule has 1 atom stereocenters. The molecular weight excluding hydrogens is 473 g/mol. The van der Waals surface area contributed by atoms with E-state index >= 15 is 0 Å². The van der Waals surface area contributed by atoms with E-state index in [1.807, 2.05) is 18.2 Å². The summed E-state index contributed by atoms with van der Waals surface area (Å²) in [5.41, 5.74) is 6.06. The number of hydrogen-bond donors (Lipinski definition) is 3. The molecule has 5 rings (SSSR count). The SMILES string of the molecule is C[C@H]1COCCN1c1ncnc2nc(-c3cccc(C(=O)NOCc4ccc(B(O)O)cc4)c3)ccc12. The molecule has 10 nitrogen and oxygen atoms in total. The summed E-state index contributed by atoms with van der Waals surface area (Å²) in [6.07, 6.45) is 1.53. The molecule has 188 valence electrons. The van der Waals surface area contributed by atoms with Gasteiger partial charge in [0.15, 0.2) is 5.65 Å². The lowest BCUT2D eigenvalue weighted by Crippen LogP contribution is -2.44. The molecule has 0 radical (unpaired) electrons. The third-order valence-corrected chi connectivity index (χ3v) is 6.22. The molecule has 0 bridgehead atoms. The Balaban J connectivity index is 1.29. The van der Waals surface area contributed by atoms with Crippen molar-refractivity contribution in [3.8, 4) is 11.3 Å². The van der Waals surface area contributed by atoms with Crippen LogP contribution in [0.15, 0.2) is 67.0 Å². The van der Waals surface area contributed by atoms with Crippen LogP contribution in [0.1, 0.15) is 22.8 Å². The lowest BCUT2D eigenvalue weighted by Gasteiger charge is -2.34. The number of anilines is 1. The predicted octanol–water partition coefficient (Wildman–Crippen LogP) is 1.46. The fourth-order valence-corrected chi connectivity index (χ4v) is 4.21. The summed E-state index contributed by atoms with van der Waals surface area (Å²) in [7, 11) is -1.53. The topological polar surface area (TPSA) is 130 Å². The van der Waals surface area contributed by atoms with Gasteiger partial charge in [-0.3, -0.25) is 9.63 Å². The molecule has 11 heteroatoms. The van der Waals surface area contributed by atoms with Gasteiger partial charge in [-0.2, -0.15) is 0 Å². The molecule has 37 heavy (non-hydrogen) atoms. The second-order valence-electron chi connectivity index (χ2n) is 8.80. The first-order chi connectivity index (χ1) is 18.0. The van der Waals surface area contributed by atoms with Gasteiger partial charge < -0.3 is 19.7 Å². The molecular formula is C26H26BN5O5. The molecule has 0 saturated carbocycles. The fraction of sp³-hybridized carbons (Fsp3) is 0.231. The Labute approximate surface area is 214 Å². The first kappa shape index (κ1) is 24.8. The molecule has 1 saturated heterocycles. The van der Waals surface area contributed by atoms with Crippen LogP contribution in [0.25, 0.3) is 22.3 Å². The smallest absolute Gasteiger partial charge is 0.423 e. The van der Waals surface area contributed by atoms with Crippen molar-refractivity contribution in [2.24, 2.45) is 0 Å². The molecule has 2 aromatic heterocycles. The average Bonchev–Trinajstić information content (AvgIpc) is 2.93. The monoisotopic (exact) mass is 499 g/mol. The minimum Gasteiger partial charge on any atom is -0.423 e. The highest BCUT2D eigenvalue weighted by Gasteiger charge is 2.22. The van der Waals surface area contributed by atoms with E-state index in [-0.39, 0.29) is 12.6 Å². The van der Waals surface area contributed by atoms with Crippen molar-refractivity contribution in [3.05, 3.63) is 78.1 Å². The van der Waals surface area contributed by atoms with E-state index in [1.165, 1.54) is 6.33 Å². The van der Waals surface area contributed by atoms with E-state index in [0.29, 0.717) is 35.6 Å². The Kier molecular flexibility index (Phi) is 7.38. The van der Waals surface area contributed by atoms with Gasteiger partial charge in [0, 0.05) is 17.7 Å². The minimum atomic E-state index is -1.53. The number of rotatable bonds is 7. The number of nitrogens with zero attached hydrogens (tertiary/aromatic N) is 4. The number of ether oxygens (including phenoxy) is 1. The van der Waals surface area contributed by atoms with E-state index in [0.717, 1.165) is 28.9 Å². The number of morpholine rings is 1. The Hall–Kier alpha value is -3.90. The van der Waals surface area contributed by atoms with Crippen molar-refractivity contribution in [1.82, 2.24) is 20.4 Å². The second kappa shape index (κ2) is 11.0. The number of nitrogens with one attached hydrogen (secondary N) is 1. The van der Waals surface area contributed by atoms with E-state index in [9.17, 15) is 14.8 Å². The summed E-state index contributed by atoms with van der Waals surface area (Å²) in [5, 5.41) is 19.2. The summed E-state index contributed by atoms with van der Waals surface area (Å²) in [4.78, 5) is 33.9. The van der Waals surface area contributed by atoms with Crippen molar-refractivity contribution in [3.63, 3.8) is 0 Å². The Morgan fingerprint density at radius 1 is 1.16 bits per heavy atom. The van der Waals surface area contributed by atoms with Gasteiger partial charge in [-0.1, -0.05) is 36.4 Å². The van der Waals surface area contributed by atoms with E-state index < -0.39 is 13.0 Å². The van der Waals surface area contributed by atoms with Crippen LogP contribution in [-0.2, 0) is 16.2 Å². The predicted molar refractivity (Wildman–Crippen MR) is 139 cm³/mol. The van der Waals surface area contributed by atoms with E-state index in [2.05, 4.69) is 27.3 Å². The maximum Gasteiger partial charge on any atom is 0.488 e. The number of hydroxylamine groups is 1. The molecule has 3 N–H and O–H groups in total. The lowest BCUT2D eigenvalue weighted by atomic mass is 9.80. The first-order valence-corrected chi connectivity index (χ1v) is 11.9. The second-order valence-corrected chi connectivity index (χ2v) is 8.80. The van der Waals surface area contributed by atoms with Gasteiger partial charge in [0.2, 0.25) is 0 Å². The average molecular weight is 499 g/mol. The minimum absolute atomic E-state index is 0.128. The molecule has 0 unspecified atom stereocenters.